The first-order valence-corrected chi connectivity index (χ1v) is 15.4. The summed E-state index contributed by atoms with van der Waals surface area (Å²) in [7, 11) is 0. The third-order valence-electron chi connectivity index (χ3n) is 8.99. The van der Waals surface area contributed by atoms with Crippen LogP contribution in [0.15, 0.2) is 69.0 Å². The first-order valence-electron chi connectivity index (χ1n) is 15.4. The summed E-state index contributed by atoms with van der Waals surface area (Å²) >= 11 is 0. The number of amides is 2. The Labute approximate surface area is 261 Å². The van der Waals surface area contributed by atoms with Gasteiger partial charge in [-0.1, -0.05) is 52.7 Å². The van der Waals surface area contributed by atoms with Gasteiger partial charge in [-0.2, -0.15) is 0 Å². The summed E-state index contributed by atoms with van der Waals surface area (Å²) in [6, 6.07) is 12.3. The summed E-state index contributed by atoms with van der Waals surface area (Å²) in [6.45, 7) is 8.99. The van der Waals surface area contributed by atoms with Crippen LogP contribution in [-0.2, 0) is 4.79 Å². The van der Waals surface area contributed by atoms with E-state index >= 15 is 0 Å². The first-order chi connectivity index (χ1) is 21.3. The Morgan fingerprint density at radius 1 is 1.07 bits per heavy atom. The molecule has 45 heavy (non-hydrogen) atoms. The van der Waals surface area contributed by atoms with E-state index in [1.807, 2.05) is 17.0 Å². The predicted molar refractivity (Wildman–Crippen MR) is 164 cm³/mol. The second-order valence-corrected chi connectivity index (χ2v) is 13.0. The van der Waals surface area contributed by atoms with Gasteiger partial charge in [-0.3, -0.25) is 14.6 Å². The van der Waals surface area contributed by atoms with Crippen molar-refractivity contribution in [3.8, 4) is 5.75 Å². The Hall–Kier alpha value is -4.09. The van der Waals surface area contributed by atoms with Crippen LogP contribution in [0.1, 0.15) is 100 Å². The molecule has 0 aromatic heterocycles. The molecule has 2 aliphatic heterocycles. The van der Waals surface area contributed by atoms with Crippen molar-refractivity contribution in [1.82, 2.24) is 10.2 Å². The van der Waals surface area contributed by atoms with Crippen molar-refractivity contribution in [3.05, 3.63) is 65.2 Å². The van der Waals surface area contributed by atoms with E-state index in [9.17, 15) is 22.8 Å². The van der Waals surface area contributed by atoms with E-state index in [1.54, 1.807) is 12.1 Å². The molecular weight excluding hydrogens is 585 g/mol. The van der Waals surface area contributed by atoms with E-state index in [2.05, 4.69) is 53.2 Å². The predicted octanol–water partition coefficient (Wildman–Crippen LogP) is 7.59. The van der Waals surface area contributed by atoms with Gasteiger partial charge in [-0.15, -0.1) is 23.4 Å². The molecule has 0 bridgehead atoms. The Bertz CT molecular complexity index is 1490. The number of halogens is 3. The highest BCUT2D eigenvalue weighted by Gasteiger charge is 2.52. The van der Waals surface area contributed by atoms with Gasteiger partial charge in [0, 0.05) is 11.1 Å². The normalized spacial score (nSPS) is 22.2. The molecule has 240 valence electrons. The fraction of sp³-hybridized carbons (Fsp3) is 0.515. The number of alkyl halides is 3. The van der Waals surface area contributed by atoms with Crippen molar-refractivity contribution in [1.29, 1.82) is 0 Å². The highest BCUT2D eigenvalue weighted by molar-refractivity contribution is 6.46. The quantitative estimate of drug-likeness (QED) is 0.294. The van der Waals surface area contributed by atoms with Gasteiger partial charge < -0.3 is 15.0 Å². The molecule has 12 heteroatoms. The minimum absolute atomic E-state index is 0.113. The highest BCUT2D eigenvalue weighted by atomic mass is 19.4. The van der Waals surface area contributed by atoms with Gasteiger partial charge in [0.2, 0.25) is 0 Å². The first kappa shape index (κ1) is 32.3. The van der Waals surface area contributed by atoms with Gasteiger partial charge in [-0.05, 0) is 90.6 Å². The van der Waals surface area contributed by atoms with E-state index in [0.29, 0.717) is 42.1 Å². The number of nitrogens with one attached hydrogen (secondary N) is 1. The summed E-state index contributed by atoms with van der Waals surface area (Å²) in [6.07, 6.45) is 0.840. The van der Waals surface area contributed by atoms with Crippen LogP contribution in [0, 0.1) is 11.3 Å². The Kier molecular flexibility index (Phi) is 9.14. The van der Waals surface area contributed by atoms with Gasteiger partial charge in [0.15, 0.2) is 5.84 Å². The molecule has 0 unspecified atom stereocenters. The van der Waals surface area contributed by atoms with Crippen LogP contribution in [0.4, 0.5) is 13.2 Å². The molecule has 1 atom stereocenters. The van der Waals surface area contributed by atoms with Gasteiger partial charge >= 0.3 is 6.36 Å². The van der Waals surface area contributed by atoms with Gasteiger partial charge in [0.05, 0.1) is 12.6 Å². The minimum atomic E-state index is -4.81. The van der Waals surface area contributed by atoms with E-state index in [1.165, 1.54) is 24.3 Å². The molecule has 2 heterocycles. The number of hydrogen-bond donors (Lipinski definition) is 1. The Balaban J connectivity index is 1.46. The summed E-state index contributed by atoms with van der Waals surface area (Å²) in [5.74, 6) is 0.0558. The molecule has 2 amide bonds. The maximum atomic E-state index is 14.4. The average Bonchev–Trinajstić information content (AvgIpc) is 3.23. The standard InChI is InChI=1S/C33H39F3N6O3/c1-5-6-7-26(21-8-10-23(11-9-21)29(43)37-20-27-39-41-40-27)42-30(44)28(22-12-14-25(15-13-22)45-33(34,35)36)38-32(42)18-16-24(17-19-32)31(2,3)4/h8-15,24,26H,5-7,16-20H2,1-4H3,(H,37,43)/t24?,26-,32?/m1/s1. The van der Waals surface area contributed by atoms with Crippen LogP contribution < -0.4 is 10.1 Å². The lowest BCUT2D eigenvalue weighted by molar-refractivity contribution is -0.274. The molecule has 0 saturated heterocycles. The third kappa shape index (κ3) is 7.26. The molecular formula is C33H39F3N6O3. The summed E-state index contributed by atoms with van der Waals surface area (Å²) in [5, 5.41) is 13.6. The number of unbranched alkanes of at least 4 members (excludes halogenated alkanes) is 1. The average molecular weight is 625 g/mol. The molecule has 1 saturated carbocycles. The number of carbonyl (C=O) groups excluding carboxylic acids is 2. The smallest absolute Gasteiger partial charge is 0.406 e. The SMILES string of the molecule is CCCC[C@H](c1ccc(C(=O)NCC2=NN=N2)cc1)N1C(=O)C(c2ccc(OC(F)(F)F)cc2)=NC12CCC(C(C)(C)C)CC2. The Morgan fingerprint density at radius 3 is 2.24 bits per heavy atom. The minimum Gasteiger partial charge on any atom is -0.406 e. The van der Waals surface area contributed by atoms with Crippen LogP contribution in [0.5, 0.6) is 5.75 Å². The van der Waals surface area contributed by atoms with E-state index < -0.39 is 12.0 Å². The second-order valence-electron chi connectivity index (χ2n) is 13.0. The molecule has 1 fully saturated rings. The largest absolute Gasteiger partial charge is 0.573 e. The number of rotatable bonds is 10. The summed E-state index contributed by atoms with van der Waals surface area (Å²) in [5.41, 5.74) is 1.40. The molecule has 3 aliphatic rings. The molecule has 5 rings (SSSR count). The molecule has 2 aromatic carbocycles. The monoisotopic (exact) mass is 624 g/mol. The van der Waals surface area contributed by atoms with E-state index in [0.717, 1.165) is 31.2 Å². The van der Waals surface area contributed by atoms with Crippen molar-refractivity contribution in [3.63, 3.8) is 0 Å². The lowest BCUT2D eigenvalue weighted by Crippen LogP contribution is -2.51. The van der Waals surface area contributed by atoms with Crippen LogP contribution in [0.2, 0.25) is 0 Å². The zero-order chi connectivity index (χ0) is 32.4. The lowest BCUT2D eigenvalue weighted by Gasteiger charge is -2.47. The van der Waals surface area contributed by atoms with Crippen LogP contribution in [0.3, 0.4) is 0 Å². The molecule has 1 N–H and O–H groups in total. The number of aliphatic imine (C=N–C) groups is 1. The van der Waals surface area contributed by atoms with Crippen molar-refractivity contribution in [2.24, 2.45) is 31.8 Å². The molecule has 9 nitrogen and oxygen atoms in total. The maximum Gasteiger partial charge on any atom is 0.573 e. The van der Waals surface area contributed by atoms with Crippen molar-refractivity contribution in [2.45, 2.75) is 90.7 Å². The maximum absolute atomic E-state index is 14.4. The van der Waals surface area contributed by atoms with E-state index in [-0.39, 0.29) is 41.3 Å². The molecule has 0 radical (unpaired) electrons. The zero-order valence-corrected chi connectivity index (χ0v) is 26.0. The molecule has 2 aromatic rings. The zero-order valence-electron chi connectivity index (χ0n) is 26.0. The second kappa shape index (κ2) is 12.7. The number of nitrogens with zero attached hydrogens (tertiary/aromatic N) is 5. The van der Waals surface area contributed by atoms with Crippen molar-refractivity contribution < 1.29 is 27.5 Å². The molecule has 1 spiro atoms. The van der Waals surface area contributed by atoms with Crippen LogP contribution in [0.25, 0.3) is 0 Å². The van der Waals surface area contributed by atoms with Gasteiger partial charge in [0.25, 0.3) is 11.8 Å². The van der Waals surface area contributed by atoms with Gasteiger partial charge in [-0.25, -0.2) is 0 Å². The fourth-order valence-corrected chi connectivity index (χ4v) is 6.48. The van der Waals surface area contributed by atoms with Crippen LogP contribution >= 0.6 is 0 Å². The Morgan fingerprint density at radius 2 is 1.71 bits per heavy atom. The molecule has 1 aliphatic carbocycles. The van der Waals surface area contributed by atoms with Crippen LogP contribution in [-0.4, -0.2) is 46.8 Å². The fourth-order valence-electron chi connectivity index (χ4n) is 6.48. The number of ether oxygens (including phenoxy) is 1. The number of carbonyl (C=O) groups is 2. The van der Waals surface area contributed by atoms with Gasteiger partial charge in [0.1, 0.15) is 17.1 Å². The number of hydrogen-bond acceptors (Lipinski definition) is 7. The number of amidine groups is 1. The van der Waals surface area contributed by atoms with E-state index in [4.69, 9.17) is 4.99 Å². The summed E-state index contributed by atoms with van der Waals surface area (Å²) in [4.78, 5) is 34.2. The van der Waals surface area contributed by atoms with Crippen molar-refractivity contribution in [2.75, 3.05) is 6.54 Å². The third-order valence-corrected chi connectivity index (χ3v) is 8.99. The summed E-state index contributed by atoms with van der Waals surface area (Å²) < 4.78 is 42.4. The number of benzene rings is 2. The highest BCUT2D eigenvalue weighted by Crippen LogP contribution is 2.50. The topological polar surface area (TPSA) is 108 Å². The lowest BCUT2D eigenvalue weighted by atomic mass is 9.69. The van der Waals surface area contributed by atoms with Crippen molar-refractivity contribution >= 4 is 23.4 Å².